The Balaban J connectivity index is 2.46. The molecule has 0 fully saturated rings. The summed E-state index contributed by atoms with van der Waals surface area (Å²) in [6.45, 7) is 0.0901. The fraction of sp³-hybridized carbons (Fsp3) is 0.0769. The maximum Gasteiger partial charge on any atom is 0.0615 e. The molecule has 0 heterocycles. The average molecular weight is 184 g/mol. The minimum absolute atomic E-state index is 0.0901. The van der Waals surface area contributed by atoms with Crippen molar-refractivity contribution < 1.29 is 5.11 Å². The van der Waals surface area contributed by atoms with Gasteiger partial charge in [-0.25, -0.2) is 0 Å². The van der Waals surface area contributed by atoms with Gasteiger partial charge in [-0.15, -0.1) is 0 Å². The number of hydrogen-bond acceptors (Lipinski definition) is 1. The Labute approximate surface area is 83.3 Å². The summed E-state index contributed by atoms with van der Waals surface area (Å²) in [5, 5.41) is 11.1. The lowest BCUT2D eigenvalue weighted by Gasteiger charge is -1.98. The van der Waals surface area contributed by atoms with Crippen molar-refractivity contribution in [3.63, 3.8) is 0 Å². The maximum atomic E-state index is 8.65. The van der Waals surface area contributed by atoms with Gasteiger partial charge in [0, 0.05) is 0 Å². The van der Waals surface area contributed by atoms with Gasteiger partial charge < -0.3 is 5.11 Å². The molecule has 14 heavy (non-hydrogen) atoms. The lowest BCUT2D eigenvalue weighted by molar-refractivity contribution is 0.343. The zero-order valence-corrected chi connectivity index (χ0v) is 7.85. The van der Waals surface area contributed by atoms with Crippen LogP contribution in [0.2, 0.25) is 0 Å². The first-order valence-corrected chi connectivity index (χ1v) is 4.66. The third-order valence-corrected chi connectivity index (χ3v) is 2.19. The smallest absolute Gasteiger partial charge is 0.0615 e. The van der Waals surface area contributed by atoms with Crippen LogP contribution in [-0.2, 0) is 0 Å². The Morgan fingerprint density at radius 3 is 2.57 bits per heavy atom. The van der Waals surface area contributed by atoms with E-state index in [1.165, 1.54) is 10.8 Å². The predicted molar refractivity (Wildman–Crippen MR) is 60.1 cm³/mol. The Kier molecular flexibility index (Phi) is 2.61. The van der Waals surface area contributed by atoms with Gasteiger partial charge in [0.05, 0.1) is 6.61 Å². The fourth-order valence-electron chi connectivity index (χ4n) is 1.50. The Bertz CT molecular complexity index is 457. The molecule has 0 radical (unpaired) electrons. The second-order valence-corrected chi connectivity index (χ2v) is 3.19. The van der Waals surface area contributed by atoms with Crippen molar-refractivity contribution in [1.29, 1.82) is 0 Å². The molecule has 2 aromatic carbocycles. The molecule has 0 aliphatic heterocycles. The van der Waals surface area contributed by atoms with Gasteiger partial charge in [-0.05, 0) is 22.4 Å². The molecule has 0 bridgehead atoms. The molecule has 0 saturated heterocycles. The van der Waals surface area contributed by atoms with Crippen LogP contribution in [0.3, 0.4) is 0 Å². The molecule has 70 valence electrons. The van der Waals surface area contributed by atoms with E-state index in [0.717, 1.165) is 5.56 Å². The third-order valence-electron chi connectivity index (χ3n) is 2.19. The van der Waals surface area contributed by atoms with E-state index in [2.05, 4.69) is 30.3 Å². The number of benzene rings is 2. The van der Waals surface area contributed by atoms with Crippen molar-refractivity contribution in [3.8, 4) is 0 Å². The minimum atomic E-state index is 0.0901. The van der Waals surface area contributed by atoms with Crippen LogP contribution in [0.5, 0.6) is 0 Å². The molecule has 0 aromatic heterocycles. The van der Waals surface area contributed by atoms with Crippen molar-refractivity contribution in [2.24, 2.45) is 0 Å². The van der Waals surface area contributed by atoms with E-state index < -0.39 is 0 Å². The van der Waals surface area contributed by atoms with Crippen molar-refractivity contribution in [2.75, 3.05) is 6.61 Å². The highest BCUT2D eigenvalue weighted by Gasteiger charge is 1.91. The largest absolute Gasteiger partial charge is 0.392 e. The first-order chi connectivity index (χ1) is 6.90. The van der Waals surface area contributed by atoms with Crippen LogP contribution in [0.15, 0.2) is 48.5 Å². The number of aliphatic hydroxyl groups is 1. The second-order valence-electron chi connectivity index (χ2n) is 3.19. The van der Waals surface area contributed by atoms with Gasteiger partial charge in [0.15, 0.2) is 0 Å². The molecule has 0 aliphatic rings. The van der Waals surface area contributed by atoms with Crippen LogP contribution in [-0.4, -0.2) is 11.7 Å². The monoisotopic (exact) mass is 184 g/mol. The van der Waals surface area contributed by atoms with Crippen LogP contribution in [0.25, 0.3) is 16.8 Å². The SMILES string of the molecule is OCC=Cc1ccc2ccccc2c1. The molecule has 0 saturated carbocycles. The number of rotatable bonds is 2. The Hall–Kier alpha value is -1.60. The van der Waals surface area contributed by atoms with E-state index in [0.29, 0.717) is 0 Å². The van der Waals surface area contributed by atoms with E-state index >= 15 is 0 Å². The van der Waals surface area contributed by atoms with Gasteiger partial charge in [-0.3, -0.25) is 0 Å². The topological polar surface area (TPSA) is 20.2 Å². The van der Waals surface area contributed by atoms with E-state index in [4.69, 9.17) is 5.11 Å². The summed E-state index contributed by atoms with van der Waals surface area (Å²) in [7, 11) is 0. The Morgan fingerprint density at radius 1 is 1.00 bits per heavy atom. The summed E-state index contributed by atoms with van der Waals surface area (Å²) in [6, 6.07) is 14.5. The minimum Gasteiger partial charge on any atom is -0.392 e. The summed E-state index contributed by atoms with van der Waals surface area (Å²) in [6.07, 6.45) is 3.66. The van der Waals surface area contributed by atoms with E-state index in [9.17, 15) is 0 Å². The van der Waals surface area contributed by atoms with E-state index in [1.807, 2.05) is 18.2 Å². The molecular weight excluding hydrogens is 172 g/mol. The standard InChI is InChI=1S/C13H12O/c14-9-3-4-11-7-8-12-5-1-2-6-13(12)10-11/h1-8,10,14H,9H2. The first kappa shape index (κ1) is 8.97. The van der Waals surface area contributed by atoms with Gasteiger partial charge in [0.2, 0.25) is 0 Å². The molecule has 0 atom stereocenters. The second kappa shape index (κ2) is 4.07. The molecule has 0 unspecified atom stereocenters. The van der Waals surface area contributed by atoms with Gasteiger partial charge in [-0.2, -0.15) is 0 Å². The van der Waals surface area contributed by atoms with E-state index in [1.54, 1.807) is 6.08 Å². The van der Waals surface area contributed by atoms with Crippen LogP contribution in [0.4, 0.5) is 0 Å². The highest BCUT2D eigenvalue weighted by atomic mass is 16.2. The number of aliphatic hydroxyl groups excluding tert-OH is 1. The summed E-state index contributed by atoms with van der Waals surface area (Å²) in [5.41, 5.74) is 1.12. The Morgan fingerprint density at radius 2 is 1.79 bits per heavy atom. The van der Waals surface area contributed by atoms with Gasteiger partial charge in [-0.1, -0.05) is 48.6 Å². The molecule has 2 aromatic rings. The summed E-state index contributed by atoms with van der Waals surface area (Å²) >= 11 is 0. The molecule has 1 nitrogen and oxygen atoms in total. The van der Waals surface area contributed by atoms with Crippen LogP contribution < -0.4 is 0 Å². The van der Waals surface area contributed by atoms with Crippen LogP contribution in [0, 0.1) is 0 Å². The number of fused-ring (bicyclic) bond motifs is 1. The van der Waals surface area contributed by atoms with Crippen molar-refractivity contribution >= 4 is 16.8 Å². The van der Waals surface area contributed by atoms with Gasteiger partial charge in [0.25, 0.3) is 0 Å². The van der Waals surface area contributed by atoms with Crippen molar-refractivity contribution in [1.82, 2.24) is 0 Å². The zero-order valence-electron chi connectivity index (χ0n) is 7.85. The molecule has 1 heteroatoms. The molecule has 1 N–H and O–H groups in total. The molecule has 0 spiro atoms. The quantitative estimate of drug-likeness (QED) is 0.760. The summed E-state index contributed by atoms with van der Waals surface area (Å²) in [4.78, 5) is 0. The predicted octanol–water partition coefficient (Wildman–Crippen LogP) is 2.85. The van der Waals surface area contributed by atoms with Gasteiger partial charge >= 0.3 is 0 Å². The average Bonchev–Trinajstić information content (AvgIpc) is 2.26. The maximum absolute atomic E-state index is 8.65. The zero-order chi connectivity index (χ0) is 9.80. The fourth-order valence-corrected chi connectivity index (χ4v) is 1.50. The summed E-state index contributed by atoms with van der Waals surface area (Å²) < 4.78 is 0. The summed E-state index contributed by atoms with van der Waals surface area (Å²) in [5.74, 6) is 0. The normalized spacial score (nSPS) is 11.2. The lowest BCUT2D eigenvalue weighted by Crippen LogP contribution is -1.76. The van der Waals surface area contributed by atoms with Crippen molar-refractivity contribution in [2.45, 2.75) is 0 Å². The highest BCUT2D eigenvalue weighted by Crippen LogP contribution is 2.16. The molecule has 0 amide bonds. The van der Waals surface area contributed by atoms with Crippen LogP contribution >= 0.6 is 0 Å². The van der Waals surface area contributed by atoms with Crippen molar-refractivity contribution in [3.05, 3.63) is 54.1 Å². The number of hydrogen-bond donors (Lipinski definition) is 1. The van der Waals surface area contributed by atoms with Crippen LogP contribution in [0.1, 0.15) is 5.56 Å². The first-order valence-electron chi connectivity index (χ1n) is 4.66. The highest BCUT2D eigenvalue weighted by molar-refractivity contribution is 5.84. The molecule has 0 aliphatic carbocycles. The third kappa shape index (κ3) is 1.83. The molecular formula is C13H12O. The van der Waals surface area contributed by atoms with Gasteiger partial charge in [0.1, 0.15) is 0 Å². The lowest BCUT2D eigenvalue weighted by atomic mass is 10.1. The van der Waals surface area contributed by atoms with E-state index in [-0.39, 0.29) is 6.61 Å². The molecule has 2 rings (SSSR count).